The summed E-state index contributed by atoms with van der Waals surface area (Å²) in [7, 11) is -3.67. The van der Waals surface area contributed by atoms with Crippen molar-refractivity contribution in [2.24, 2.45) is 0 Å². The first-order valence-electron chi connectivity index (χ1n) is 5.97. The lowest BCUT2D eigenvalue weighted by molar-refractivity contribution is -0.114. The highest BCUT2D eigenvalue weighted by atomic mass is 32.2. The third-order valence-electron chi connectivity index (χ3n) is 2.17. The van der Waals surface area contributed by atoms with Crippen molar-refractivity contribution in [2.45, 2.75) is 6.92 Å². The third kappa shape index (κ3) is 8.80. The highest BCUT2D eigenvalue weighted by Gasteiger charge is 1.99. The predicted molar refractivity (Wildman–Crippen MR) is 85.1 cm³/mol. The smallest absolute Gasteiger partial charge is 0.261 e. The monoisotopic (exact) mass is 326 g/mol. The maximum absolute atomic E-state index is 10.8. The Labute approximate surface area is 129 Å². The van der Waals surface area contributed by atoms with E-state index < -0.39 is 10.1 Å². The molecule has 0 unspecified atom stereocenters. The summed E-state index contributed by atoms with van der Waals surface area (Å²) in [5.74, 6) is -0.0643. The number of carbonyl (C=O) groups excluding carboxylic acids is 1. The van der Waals surface area contributed by atoms with Crippen molar-refractivity contribution >= 4 is 21.7 Å². The number of amides is 1. The zero-order chi connectivity index (χ0) is 15.9. The molecule has 2 rings (SSSR count). The van der Waals surface area contributed by atoms with Crippen molar-refractivity contribution in [3.8, 4) is 11.3 Å². The van der Waals surface area contributed by atoms with Gasteiger partial charge in [0.2, 0.25) is 5.91 Å². The number of hydrogen-bond acceptors (Lipinski definition) is 4. The molecule has 1 amide bonds. The van der Waals surface area contributed by atoms with E-state index in [-0.39, 0.29) is 11.4 Å². The second-order valence-corrected chi connectivity index (χ2v) is 5.67. The molecule has 0 saturated heterocycles. The van der Waals surface area contributed by atoms with Crippen LogP contribution in [-0.4, -0.2) is 35.6 Å². The number of aromatic nitrogens is 1. The normalized spacial score (nSPS) is 9.77. The first kappa shape index (κ1) is 19.7. The molecule has 22 heavy (non-hydrogen) atoms. The van der Waals surface area contributed by atoms with Gasteiger partial charge in [-0.05, 0) is 24.3 Å². The average molecular weight is 326 g/mol. The van der Waals surface area contributed by atoms with Crippen molar-refractivity contribution < 1.29 is 23.2 Å². The van der Waals surface area contributed by atoms with E-state index in [1.165, 1.54) is 6.92 Å². The summed E-state index contributed by atoms with van der Waals surface area (Å²) in [6.45, 7) is 1.49. The van der Waals surface area contributed by atoms with E-state index in [1.807, 2.05) is 42.5 Å². The molecule has 0 atom stereocenters. The van der Waals surface area contributed by atoms with Gasteiger partial charge in [-0.15, -0.1) is 0 Å². The summed E-state index contributed by atoms with van der Waals surface area (Å²) in [5.41, 5.74) is 2.76. The summed E-state index contributed by atoms with van der Waals surface area (Å²) < 4.78 is 25.9. The summed E-state index contributed by atoms with van der Waals surface area (Å²) >= 11 is 0. The van der Waals surface area contributed by atoms with Gasteiger partial charge in [0.05, 0.1) is 11.9 Å². The number of benzene rings is 1. The quantitative estimate of drug-likeness (QED) is 0.806. The fourth-order valence-corrected chi connectivity index (χ4v) is 1.46. The van der Waals surface area contributed by atoms with Crippen LogP contribution < -0.4 is 5.32 Å². The largest absolute Gasteiger partial charge is 0.412 e. The minimum absolute atomic E-state index is 0. The number of hydrogen-bond donors (Lipinski definition) is 2. The molecule has 1 aromatic heterocycles. The second-order valence-electron chi connectivity index (χ2n) is 4.21. The van der Waals surface area contributed by atoms with Gasteiger partial charge in [0.15, 0.2) is 0 Å². The molecule has 1 aromatic carbocycles. The van der Waals surface area contributed by atoms with E-state index in [9.17, 15) is 13.2 Å². The van der Waals surface area contributed by atoms with Gasteiger partial charge < -0.3 is 10.8 Å². The van der Waals surface area contributed by atoms with E-state index >= 15 is 0 Å². The Bertz CT molecular complexity index is 677. The third-order valence-corrected chi connectivity index (χ3v) is 2.17. The lowest BCUT2D eigenvalue weighted by atomic mass is 10.1. The van der Waals surface area contributed by atoms with Crippen molar-refractivity contribution in [1.82, 2.24) is 4.98 Å². The van der Waals surface area contributed by atoms with E-state index in [0.717, 1.165) is 16.9 Å². The highest BCUT2D eigenvalue weighted by Crippen LogP contribution is 2.18. The first-order chi connectivity index (χ1) is 9.75. The lowest BCUT2D eigenvalue weighted by Crippen LogP contribution is -2.05. The molecule has 4 N–H and O–H groups in total. The van der Waals surface area contributed by atoms with Crippen molar-refractivity contribution in [1.29, 1.82) is 0 Å². The van der Waals surface area contributed by atoms with E-state index in [1.54, 1.807) is 6.20 Å². The molecule has 0 spiro atoms. The Hall–Kier alpha value is -2.29. The van der Waals surface area contributed by atoms with E-state index in [4.69, 9.17) is 4.55 Å². The lowest BCUT2D eigenvalue weighted by Gasteiger charge is -2.03. The van der Waals surface area contributed by atoms with Crippen molar-refractivity contribution in [3.63, 3.8) is 0 Å². The van der Waals surface area contributed by atoms with E-state index in [2.05, 4.69) is 10.3 Å². The van der Waals surface area contributed by atoms with Crippen LogP contribution in [0.2, 0.25) is 0 Å². The number of nitrogens with zero attached hydrogens (tertiary/aromatic N) is 1. The molecule has 7 nitrogen and oxygen atoms in total. The van der Waals surface area contributed by atoms with Gasteiger partial charge in [-0.1, -0.05) is 18.2 Å². The van der Waals surface area contributed by atoms with Gasteiger partial charge in [0.25, 0.3) is 10.1 Å². The summed E-state index contributed by atoms with van der Waals surface area (Å²) in [6, 6.07) is 13.4. The Morgan fingerprint density at radius 1 is 1.14 bits per heavy atom. The van der Waals surface area contributed by atoms with Crippen LogP contribution in [0.15, 0.2) is 48.7 Å². The van der Waals surface area contributed by atoms with Crippen LogP contribution in [-0.2, 0) is 14.9 Å². The van der Waals surface area contributed by atoms with Crippen molar-refractivity contribution in [2.75, 3.05) is 11.6 Å². The highest BCUT2D eigenvalue weighted by molar-refractivity contribution is 7.85. The van der Waals surface area contributed by atoms with Crippen LogP contribution in [0.4, 0.5) is 5.69 Å². The number of carbonyl (C=O) groups is 1. The van der Waals surface area contributed by atoms with Gasteiger partial charge in [-0.3, -0.25) is 14.3 Å². The van der Waals surface area contributed by atoms with Crippen LogP contribution in [0, 0.1) is 0 Å². The molecule has 0 fully saturated rings. The Balaban J connectivity index is 0.000000644. The molecule has 0 aliphatic rings. The summed E-state index contributed by atoms with van der Waals surface area (Å²) in [5, 5.41) is 2.72. The van der Waals surface area contributed by atoms with Crippen LogP contribution >= 0.6 is 0 Å². The molecular formula is C14H18N2O5S. The minimum atomic E-state index is -3.67. The minimum Gasteiger partial charge on any atom is -0.412 e. The SMILES string of the molecule is CC(=O)Nc1ccc(-c2ccccn2)cc1.CS(=O)(=O)O.O. The van der Waals surface area contributed by atoms with E-state index in [0.29, 0.717) is 6.26 Å². The van der Waals surface area contributed by atoms with Gasteiger partial charge in [-0.25, -0.2) is 0 Å². The molecule has 0 radical (unpaired) electrons. The zero-order valence-electron chi connectivity index (χ0n) is 12.1. The predicted octanol–water partition coefficient (Wildman–Crippen LogP) is 1.39. The van der Waals surface area contributed by atoms with Crippen LogP contribution in [0.5, 0.6) is 0 Å². The van der Waals surface area contributed by atoms with Gasteiger partial charge in [0, 0.05) is 24.4 Å². The second kappa shape index (κ2) is 8.88. The number of rotatable bonds is 2. The maximum Gasteiger partial charge on any atom is 0.261 e. The first-order valence-corrected chi connectivity index (χ1v) is 7.82. The standard InChI is InChI=1S/C13H12N2O.CH4O3S.H2O/c1-10(16)15-12-7-5-11(6-8-12)13-4-2-3-9-14-13;1-5(2,3)4;/h2-9H,1H3,(H,15,16);1H3,(H,2,3,4);1H2. The maximum atomic E-state index is 10.8. The summed E-state index contributed by atoms with van der Waals surface area (Å²) in [6.07, 6.45) is 2.48. The van der Waals surface area contributed by atoms with Gasteiger partial charge >= 0.3 is 0 Å². The fourth-order valence-electron chi connectivity index (χ4n) is 1.46. The Morgan fingerprint density at radius 3 is 2.09 bits per heavy atom. The molecule has 0 aliphatic heterocycles. The number of anilines is 1. The van der Waals surface area contributed by atoms with Crippen LogP contribution in [0.3, 0.4) is 0 Å². The fraction of sp³-hybridized carbons (Fsp3) is 0.143. The molecule has 120 valence electrons. The molecule has 0 saturated carbocycles. The Kier molecular flexibility index (Phi) is 7.95. The van der Waals surface area contributed by atoms with Crippen LogP contribution in [0.25, 0.3) is 11.3 Å². The number of pyridine rings is 1. The average Bonchev–Trinajstić information content (AvgIpc) is 2.38. The molecular weight excluding hydrogens is 308 g/mol. The molecule has 8 heteroatoms. The zero-order valence-corrected chi connectivity index (χ0v) is 13.0. The molecule has 0 aliphatic carbocycles. The molecule has 0 bridgehead atoms. The Morgan fingerprint density at radius 2 is 1.68 bits per heavy atom. The molecule has 1 heterocycles. The van der Waals surface area contributed by atoms with Crippen LogP contribution in [0.1, 0.15) is 6.92 Å². The van der Waals surface area contributed by atoms with Crippen molar-refractivity contribution in [3.05, 3.63) is 48.7 Å². The van der Waals surface area contributed by atoms with Gasteiger partial charge in [0.1, 0.15) is 0 Å². The number of nitrogens with one attached hydrogen (secondary N) is 1. The summed E-state index contributed by atoms with van der Waals surface area (Å²) in [4.78, 5) is 15.1. The molecule has 2 aromatic rings. The van der Waals surface area contributed by atoms with Gasteiger partial charge in [-0.2, -0.15) is 8.42 Å². The topological polar surface area (TPSA) is 128 Å².